The molecule has 0 unspecified atom stereocenters. The fraction of sp³-hybridized carbons (Fsp3) is 0.276. The summed E-state index contributed by atoms with van der Waals surface area (Å²) in [6.07, 6.45) is 3.20. The van der Waals surface area contributed by atoms with Gasteiger partial charge in [0.15, 0.2) is 11.4 Å². The van der Waals surface area contributed by atoms with E-state index in [1.165, 1.54) is 40.5 Å². The lowest BCUT2D eigenvalue weighted by atomic mass is 10.2. The first kappa shape index (κ1) is 31.8. The summed E-state index contributed by atoms with van der Waals surface area (Å²) in [5.74, 6) is -0.407. The van der Waals surface area contributed by atoms with Crippen LogP contribution in [0.25, 0.3) is 0 Å². The van der Waals surface area contributed by atoms with E-state index in [2.05, 4.69) is 29.1 Å². The molecule has 2 aromatic heterocycles. The van der Waals surface area contributed by atoms with Crippen LogP contribution in [-0.4, -0.2) is 56.8 Å². The normalized spacial score (nSPS) is 10.6. The molecule has 0 atom stereocenters. The second-order valence-electron chi connectivity index (χ2n) is 8.62. The minimum Gasteiger partial charge on any atom is -0.477 e. The van der Waals surface area contributed by atoms with Gasteiger partial charge in [-0.2, -0.15) is 0 Å². The number of aromatic carboxylic acids is 1. The van der Waals surface area contributed by atoms with E-state index in [0.29, 0.717) is 35.2 Å². The zero-order chi connectivity index (χ0) is 29.7. The first-order valence-corrected chi connectivity index (χ1v) is 13.1. The summed E-state index contributed by atoms with van der Waals surface area (Å²) in [6.45, 7) is 8.47. The van der Waals surface area contributed by atoms with E-state index in [-0.39, 0.29) is 29.8 Å². The minimum atomic E-state index is -1.17. The maximum Gasteiger partial charge on any atom is 0.354 e. The molecule has 0 aliphatic rings. The smallest absolute Gasteiger partial charge is 0.354 e. The number of likely N-dealkylation sites (N-methyl/N-ethyl adjacent to an activating group) is 1. The van der Waals surface area contributed by atoms with E-state index in [1.54, 1.807) is 50.4 Å². The average Bonchev–Trinajstić information content (AvgIpc) is 2.94. The number of nitrogens with zero attached hydrogens (tertiary/aromatic N) is 4. The summed E-state index contributed by atoms with van der Waals surface area (Å²) in [5.41, 5.74) is 1.14. The van der Waals surface area contributed by atoms with Gasteiger partial charge in [0.05, 0.1) is 12.2 Å². The van der Waals surface area contributed by atoms with E-state index in [4.69, 9.17) is 21.4 Å². The summed E-state index contributed by atoms with van der Waals surface area (Å²) in [5, 5.41) is 12.7. The molecule has 3 rings (SSSR count). The summed E-state index contributed by atoms with van der Waals surface area (Å²) >= 11 is 5.97. The lowest BCUT2D eigenvalue weighted by Gasteiger charge is -2.23. The fourth-order valence-corrected chi connectivity index (χ4v) is 3.23. The van der Waals surface area contributed by atoms with Gasteiger partial charge in [-0.05, 0) is 49.7 Å². The van der Waals surface area contributed by atoms with Crippen LogP contribution in [0.15, 0.2) is 66.5 Å². The van der Waals surface area contributed by atoms with Crippen LogP contribution in [-0.2, 0) is 16.1 Å². The van der Waals surface area contributed by atoms with E-state index in [0.717, 1.165) is 5.56 Å². The van der Waals surface area contributed by atoms with Crippen molar-refractivity contribution in [3.63, 3.8) is 0 Å². The number of rotatable bonds is 11. The van der Waals surface area contributed by atoms with Crippen LogP contribution in [0.1, 0.15) is 48.9 Å². The van der Waals surface area contributed by atoms with Gasteiger partial charge in [0.1, 0.15) is 11.6 Å². The van der Waals surface area contributed by atoms with Crippen LogP contribution >= 0.6 is 11.6 Å². The van der Waals surface area contributed by atoms with Crippen molar-refractivity contribution in [1.82, 2.24) is 19.8 Å². The van der Waals surface area contributed by atoms with Gasteiger partial charge >= 0.3 is 5.97 Å². The van der Waals surface area contributed by atoms with Crippen LogP contribution in [0, 0.1) is 6.92 Å². The predicted molar refractivity (Wildman–Crippen MR) is 154 cm³/mol. The van der Waals surface area contributed by atoms with Crippen LogP contribution in [0.3, 0.4) is 0 Å². The Labute approximate surface area is 239 Å². The standard InChI is InChI=1S/C26H26ClN5O5.C3H8/c1-4-31(3)25(34)14-23(32(16-33)15-18-8-10-19(27)11-9-18)30-22-13-12-21(17(2)28-22)37-24-7-5-6-20(29-24)26(35)36;1-3-2/h5-14,16H,4,15H2,1-3H3,(H,28,30)(H,35,36);3H2,1-2H3/b23-14-;. The van der Waals surface area contributed by atoms with Crippen molar-refractivity contribution in [3.05, 3.63) is 88.5 Å². The zero-order valence-corrected chi connectivity index (χ0v) is 24.0. The van der Waals surface area contributed by atoms with Crippen LogP contribution < -0.4 is 10.1 Å². The highest BCUT2D eigenvalue weighted by atomic mass is 35.5. The molecular formula is C29H34ClN5O5. The second kappa shape index (κ2) is 15.8. The molecule has 3 aromatic rings. The SMILES string of the molecule is CCC.CCN(C)C(=O)/C=C(/Nc1ccc(Oc2cccc(C(=O)O)n2)c(C)n1)N(C=O)Cc1ccc(Cl)cc1. The molecule has 1 aromatic carbocycles. The molecule has 0 aliphatic heterocycles. The van der Waals surface area contributed by atoms with E-state index in [1.807, 2.05) is 6.92 Å². The number of benzene rings is 1. The van der Waals surface area contributed by atoms with E-state index >= 15 is 0 Å². The summed E-state index contributed by atoms with van der Waals surface area (Å²) < 4.78 is 5.71. The Kier molecular flexibility index (Phi) is 12.6. The Morgan fingerprint density at radius 2 is 1.73 bits per heavy atom. The third-order valence-corrected chi connectivity index (χ3v) is 5.52. The number of carboxylic acids is 1. The first-order chi connectivity index (χ1) is 19.1. The van der Waals surface area contributed by atoms with Gasteiger partial charge in [0.2, 0.25) is 18.2 Å². The highest BCUT2D eigenvalue weighted by Crippen LogP contribution is 2.25. The average molecular weight is 568 g/mol. The molecule has 40 heavy (non-hydrogen) atoms. The van der Waals surface area contributed by atoms with Gasteiger partial charge in [-0.3, -0.25) is 14.5 Å². The largest absolute Gasteiger partial charge is 0.477 e. The Balaban J connectivity index is 0.00000178. The lowest BCUT2D eigenvalue weighted by molar-refractivity contribution is -0.124. The highest BCUT2D eigenvalue weighted by Gasteiger charge is 2.16. The van der Waals surface area contributed by atoms with Crippen molar-refractivity contribution in [3.8, 4) is 11.6 Å². The predicted octanol–water partition coefficient (Wildman–Crippen LogP) is 5.74. The number of halogens is 1. The monoisotopic (exact) mass is 567 g/mol. The maximum absolute atomic E-state index is 12.7. The molecule has 0 saturated carbocycles. The van der Waals surface area contributed by atoms with Crippen molar-refractivity contribution in [1.29, 1.82) is 0 Å². The molecule has 2 heterocycles. The number of aromatic nitrogens is 2. The van der Waals surface area contributed by atoms with Crippen molar-refractivity contribution >= 4 is 35.7 Å². The Morgan fingerprint density at radius 1 is 1.05 bits per heavy atom. The van der Waals surface area contributed by atoms with Crippen molar-refractivity contribution in [2.75, 3.05) is 18.9 Å². The van der Waals surface area contributed by atoms with Gasteiger partial charge in [0.25, 0.3) is 0 Å². The number of anilines is 1. The number of carbonyl (C=O) groups excluding carboxylic acids is 2. The number of amides is 2. The van der Waals surface area contributed by atoms with Crippen LogP contribution in [0.5, 0.6) is 11.6 Å². The molecule has 212 valence electrons. The van der Waals surface area contributed by atoms with E-state index < -0.39 is 5.97 Å². The number of hydrogen-bond donors (Lipinski definition) is 2. The molecule has 0 spiro atoms. The zero-order valence-electron chi connectivity index (χ0n) is 23.2. The molecule has 0 saturated heterocycles. The number of carbonyl (C=O) groups is 3. The molecule has 0 bridgehead atoms. The highest BCUT2D eigenvalue weighted by molar-refractivity contribution is 6.30. The third-order valence-electron chi connectivity index (χ3n) is 5.26. The summed E-state index contributed by atoms with van der Waals surface area (Å²) in [4.78, 5) is 47.1. The van der Waals surface area contributed by atoms with Crippen LogP contribution in [0.4, 0.5) is 5.82 Å². The number of nitrogens with one attached hydrogen (secondary N) is 1. The molecular weight excluding hydrogens is 534 g/mol. The first-order valence-electron chi connectivity index (χ1n) is 12.7. The molecule has 11 heteroatoms. The molecule has 2 N–H and O–H groups in total. The molecule has 0 fully saturated rings. The number of carboxylic acid groups (broad SMARTS) is 1. The maximum atomic E-state index is 12.7. The number of ether oxygens (including phenoxy) is 1. The molecule has 10 nitrogen and oxygen atoms in total. The quantitative estimate of drug-likeness (QED) is 0.222. The fourth-order valence-electron chi connectivity index (χ4n) is 3.10. The van der Waals surface area contributed by atoms with Crippen molar-refractivity contribution in [2.24, 2.45) is 0 Å². The number of hydrogen-bond acceptors (Lipinski definition) is 7. The van der Waals surface area contributed by atoms with Gasteiger partial charge in [0, 0.05) is 30.8 Å². The van der Waals surface area contributed by atoms with Crippen molar-refractivity contribution in [2.45, 2.75) is 40.7 Å². The van der Waals surface area contributed by atoms with Crippen LogP contribution in [0.2, 0.25) is 5.02 Å². The van der Waals surface area contributed by atoms with Gasteiger partial charge < -0.3 is 20.1 Å². The third kappa shape index (κ3) is 9.70. The molecule has 0 aliphatic carbocycles. The van der Waals surface area contributed by atoms with Crippen molar-refractivity contribution < 1.29 is 24.2 Å². The topological polar surface area (TPSA) is 125 Å². The van der Waals surface area contributed by atoms with E-state index in [9.17, 15) is 14.4 Å². The molecule has 0 radical (unpaired) electrons. The Bertz CT molecular complexity index is 1330. The minimum absolute atomic E-state index is 0.106. The Morgan fingerprint density at radius 3 is 2.30 bits per heavy atom. The second-order valence-corrected chi connectivity index (χ2v) is 9.06. The summed E-state index contributed by atoms with van der Waals surface area (Å²) in [6, 6.07) is 14.7. The number of pyridine rings is 2. The number of aryl methyl sites for hydroxylation is 1. The lowest BCUT2D eigenvalue weighted by Crippen LogP contribution is -2.30. The summed E-state index contributed by atoms with van der Waals surface area (Å²) in [7, 11) is 1.66. The van der Waals surface area contributed by atoms with Gasteiger partial charge in [-0.1, -0.05) is 50.1 Å². The molecule has 2 amide bonds. The van der Waals surface area contributed by atoms with Gasteiger partial charge in [-0.25, -0.2) is 14.8 Å². The Hall–Kier alpha value is -4.44. The van der Waals surface area contributed by atoms with Gasteiger partial charge in [-0.15, -0.1) is 0 Å².